The summed E-state index contributed by atoms with van der Waals surface area (Å²) in [5.74, 6) is -2.78. The van der Waals surface area contributed by atoms with Gasteiger partial charge in [0.05, 0.1) is 0 Å². The molecular formula is C19H23N4O9+. The zero-order chi connectivity index (χ0) is 23.8. The number of carbonyl (C=O) groups is 4. The minimum atomic E-state index is -1.30. The molecule has 1 aromatic rings. The molecule has 0 N–H and O–H groups in total. The van der Waals surface area contributed by atoms with Crippen LogP contribution in [0.1, 0.15) is 33.9 Å². The van der Waals surface area contributed by atoms with Gasteiger partial charge >= 0.3 is 30.1 Å². The van der Waals surface area contributed by atoms with Crippen LogP contribution in [0.15, 0.2) is 29.6 Å². The Balaban J connectivity index is 2.58. The van der Waals surface area contributed by atoms with Crippen LogP contribution < -0.4 is 4.57 Å². The molecule has 2 heterocycles. The number of hydrogen-bond donors (Lipinski definition) is 0. The Morgan fingerprint density at radius 3 is 2.16 bits per heavy atom. The molecular weight excluding hydrogens is 428 g/mol. The summed E-state index contributed by atoms with van der Waals surface area (Å²) in [6.07, 6.45) is -3.06. The molecule has 0 radical (unpaired) electrons. The number of azide groups is 1. The summed E-state index contributed by atoms with van der Waals surface area (Å²) < 4.78 is 28.5. The maximum absolute atomic E-state index is 11.8. The molecule has 0 aromatic carbocycles. The fourth-order valence-corrected chi connectivity index (χ4v) is 3.19. The van der Waals surface area contributed by atoms with E-state index in [0.29, 0.717) is 0 Å². The van der Waals surface area contributed by atoms with E-state index in [9.17, 15) is 19.2 Å². The van der Waals surface area contributed by atoms with Gasteiger partial charge in [0.15, 0.2) is 24.6 Å². The Labute approximate surface area is 182 Å². The molecule has 1 aromatic heterocycles. The summed E-state index contributed by atoms with van der Waals surface area (Å²) in [5, 5.41) is 3.52. The highest BCUT2D eigenvalue weighted by Crippen LogP contribution is 2.32. The average molecular weight is 451 g/mol. The van der Waals surface area contributed by atoms with Gasteiger partial charge in [-0.3, -0.25) is 19.2 Å². The summed E-state index contributed by atoms with van der Waals surface area (Å²) in [7, 11) is 0. The second kappa shape index (κ2) is 11.1. The van der Waals surface area contributed by atoms with Crippen molar-refractivity contribution < 1.29 is 47.4 Å². The highest BCUT2D eigenvalue weighted by molar-refractivity contribution is 5.68. The van der Waals surface area contributed by atoms with Gasteiger partial charge in [0, 0.05) is 38.7 Å². The van der Waals surface area contributed by atoms with Gasteiger partial charge in [-0.1, -0.05) is 5.11 Å². The number of ether oxygens (including phenoxy) is 5. The van der Waals surface area contributed by atoms with Crippen LogP contribution in [-0.2, 0) is 42.9 Å². The third-order valence-electron chi connectivity index (χ3n) is 4.23. The summed E-state index contributed by atoms with van der Waals surface area (Å²) in [6.45, 7) is 4.26. The van der Waals surface area contributed by atoms with E-state index in [0.717, 1.165) is 20.8 Å². The lowest BCUT2D eigenvalue weighted by atomic mass is 9.97. The third-order valence-corrected chi connectivity index (χ3v) is 4.23. The van der Waals surface area contributed by atoms with E-state index in [1.165, 1.54) is 30.0 Å². The molecule has 0 unspecified atom stereocenters. The largest absolute Gasteiger partial charge is 0.463 e. The minimum absolute atomic E-state index is 0.225. The molecule has 1 fully saturated rings. The lowest BCUT2D eigenvalue weighted by Crippen LogP contribution is -2.65. The van der Waals surface area contributed by atoms with Crippen LogP contribution in [0.3, 0.4) is 0 Å². The van der Waals surface area contributed by atoms with Crippen LogP contribution in [0.25, 0.3) is 10.4 Å². The van der Waals surface area contributed by atoms with Crippen molar-refractivity contribution >= 4 is 29.6 Å². The zero-order valence-corrected chi connectivity index (χ0v) is 17.9. The Hall–Kier alpha value is -3.70. The van der Waals surface area contributed by atoms with Gasteiger partial charge in [0.25, 0.3) is 0 Å². The van der Waals surface area contributed by atoms with Crippen LogP contribution >= 0.6 is 0 Å². The first-order chi connectivity index (χ1) is 15.1. The van der Waals surface area contributed by atoms with Crippen molar-refractivity contribution in [3.8, 4) is 0 Å². The zero-order valence-electron chi connectivity index (χ0n) is 17.9. The first kappa shape index (κ1) is 24.6. The SMILES string of the molecule is CC(=O)OC[C@H]1O[C@@H]([n+]2cccc(N=[N+]=[N-])c2)[C@H](OC(C)=O)[C@@H](OC(C)=O)[C@@H]1OC(C)=O. The molecule has 13 nitrogen and oxygen atoms in total. The number of esters is 4. The number of hydrogen-bond acceptors (Lipinski definition) is 10. The lowest BCUT2D eigenvalue weighted by Gasteiger charge is -2.41. The molecule has 32 heavy (non-hydrogen) atoms. The summed E-state index contributed by atoms with van der Waals surface area (Å²) in [5.41, 5.74) is 8.93. The molecule has 5 atom stereocenters. The van der Waals surface area contributed by atoms with E-state index in [2.05, 4.69) is 10.0 Å². The van der Waals surface area contributed by atoms with Crippen LogP contribution in [0, 0.1) is 0 Å². The van der Waals surface area contributed by atoms with Crippen molar-refractivity contribution in [1.82, 2.24) is 0 Å². The number of aromatic nitrogens is 1. The molecule has 0 bridgehead atoms. The van der Waals surface area contributed by atoms with E-state index in [1.807, 2.05) is 0 Å². The maximum atomic E-state index is 11.8. The molecule has 0 aliphatic carbocycles. The number of nitrogens with zero attached hydrogens (tertiary/aromatic N) is 4. The summed E-state index contributed by atoms with van der Waals surface area (Å²) in [4.78, 5) is 49.5. The fraction of sp³-hybridized carbons (Fsp3) is 0.526. The number of rotatable bonds is 7. The van der Waals surface area contributed by atoms with Gasteiger partial charge in [0.2, 0.25) is 6.10 Å². The smallest absolute Gasteiger partial charge is 0.304 e. The second-order valence-electron chi connectivity index (χ2n) is 6.79. The molecule has 172 valence electrons. The first-order valence-corrected chi connectivity index (χ1v) is 9.48. The molecule has 1 saturated heterocycles. The van der Waals surface area contributed by atoms with Crippen molar-refractivity contribution in [2.24, 2.45) is 5.11 Å². The Morgan fingerprint density at radius 1 is 1.00 bits per heavy atom. The van der Waals surface area contributed by atoms with Gasteiger partial charge < -0.3 is 23.7 Å². The molecule has 2 rings (SSSR count). The first-order valence-electron chi connectivity index (χ1n) is 9.48. The Morgan fingerprint density at radius 2 is 1.59 bits per heavy atom. The van der Waals surface area contributed by atoms with Crippen LogP contribution in [-0.4, -0.2) is 54.9 Å². The van der Waals surface area contributed by atoms with E-state index in [-0.39, 0.29) is 12.3 Å². The van der Waals surface area contributed by atoms with E-state index >= 15 is 0 Å². The van der Waals surface area contributed by atoms with E-state index in [4.69, 9.17) is 29.2 Å². The maximum Gasteiger partial charge on any atom is 0.304 e. The molecule has 13 heteroatoms. The van der Waals surface area contributed by atoms with Gasteiger partial charge in [-0.05, 0) is 11.6 Å². The predicted octanol–water partition coefficient (Wildman–Crippen LogP) is 1.17. The Bertz CT molecular complexity index is 931. The van der Waals surface area contributed by atoms with Crippen molar-refractivity contribution in [2.45, 2.75) is 58.3 Å². The van der Waals surface area contributed by atoms with Crippen LogP contribution in [0.4, 0.5) is 5.69 Å². The highest BCUT2D eigenvalue weighted by Gasteiger charge is 2.56. The van der Waals surface area contributed by atoms with Crippen LogP contribution in [0.2, 0.25) is 0 Å². The van der Waals surface area contributed by atoms with Crippen molar-refractivity contribution in [1.29, 1.82) is 0 Å². The number of carbonyl (C=O) groups excluding carboxylic acids is 4. The van der Waals surface area contributed by atoms with Crippen molar-refractivity contribution in [3.05, 3.63) is 35.0 Å². The normalized spacial score (nSPS) is 24.4. The van der Waals surface area contributed by atoms with E-state index in [1.54, 1.807) is 6.07 Å². The summed E-state index contributed by atoms with van der Waals surface area (Å²) in [6, 6.07) is 3.08. The van der Waals surface area contributed by atoms with Gasteiger partial charge in [0.1, 0.15) is 18.4 Å². The third kappa shape index (κ3) is 6.65. The minimum Gasteiger partial charge on any atom is -0.463 e. The van der Waals surface area contributed by atoms with Crippen LogP contribution in [0.5, 0.6) is 0 Å². The highest BCUT2D eigenvalue weighted by atomic mass is 16.7. The average Bonchev–Trinajstić information content (AvgIpc) is 2.69. The quantitative estimate of drug-likeness (QED) is 0.148. The molecule has 1 aliphatic rings. The molecule has 0 saturated carbocycles. The predicted molar refractivity (Wildman–Crippen MR) is 103 cm³/mol. The topological polar surface area (TPSA) is 167 Å². The summed E-state index contributed by atoms with van der Waals surface area (Å²) >= 11 is 0. The number of pyridine rings is 1. The fourth-order valence-electron chi connectivity index (χ4n) is 3.19. The second-order valence-corrected chi connectivity index (χ2v) is 6.79. The molecule has 1 aliphatic heterocycles. The molecule has 0 spiro atoms. The van der Waals surface area contributed by atoms with Gasteiger partial charge in [-0.15, -0.1) is 0 Å². The Kier molecular flexibility index (Phi) is 8.50. The van der Waals surface area contributed by atoms with E-state index < -0.39 is 54.5 Å². The van der Waals surface area contributed by atoms with Gasteiger partial charge in [-0.25, -0.2) is 0 Å². The molecule has 0 amide bonds. The van der Waals surface area contributed by atoms with Crippen molar-refractivity contribution in [3.63, 3.8) is 0 Å². The monoisotopic (exact) mass is 451 g/mol. The van der Waals surface area contributed by atoms with Gasteiger partial charge in [-0.2, -0.15) is 4.57 Å². The van der Waals surface area contributed by atoms with Crippen molar-refractivity contribution in [2.75, 3.05) is 6.61 Å². The lowest BCUT2D eigenvalue weighted by molar-refractivity contribution is -0.777. The standard InChI is InChI=1S/C19H23N4O9/c1-10(24)28-9-15-16(29-11(2)25)17(30-12(3)26)18(31-13(4)27)19(32-15)23-7-5-6-14(8-23)21-22-20/h5-8,15-19H,9H2,1-4H3/q+1/t15-,16-,17+,18-,19-/m1/s1.